The Morgan fingerprint density at radius 1 is 1.14 bits per heavy atom. The Bertz CT molecular complexity index is 852. The Kier molecular flexibility index (Phi) is 4.44. The van der Waals surface area contributed by atoms with E-state index in [1.54, 1.807) is 12.1 Å². The molecule has 0 N–H and O–H groups in total. The van der Waals surface area contributed by atoms with Crippen LogP contribution in [0.15, 0.2) is 53.4 Å². The number of methoxy groups -OCH3 is 1. The van der Waals surface area contributed by atoms with E-state index in [9.17, 15) is 13.2 Å². The number of ether oxygens (including phenoxy) is 1. The predicted octanol–water partition coefficient (Wildman–Crippen LogP) is 2.11. The summed E-state index contributed by atoms with van der Waals surface area (Å²) < 4.78 is 34.0. The second-order valence-electron chi connectivity index (χ2n) is 4.16. The number of esters is 1. The first kappa shape index (κ1) is 15.5. The summed E-state index contributed by atoms with van der Waals surface area (Å²) in [4.78, 5) is 11.2. The van der Waals surface area contributed by atoms with E-state index in [0.29, 0.717) is 0 Å². The van der Waals surface area contributed by atoms with E-state index < -0.39 is 16.1 Å². The third-order valence-corrected chi connectivity index (χ3v) is 4.04. The Morgan fingerprint density at radius 2 is 1.86 bits per heavy atom. The standard InChI is InChI=1S/C15H11NO5S/c1-20-15(17)11-6-4-7-13(9-11)21-22(18,19)14-8-3-2-5-12(14)10-16/h2-9H,1H3. The van der Waals surface area contributed by atoms with Gasteiger partial charge in [-0.3, -0.25) is 0 Å². The van der Waals surface area contributed by atoms with Crippen LogP contribution in [0.2, 0.25) is 0 Å². The fourth-order valence-corrected chi connectivity index (χ4v) is 2.82. The van der Waals surface area contributed by atoms with Crippen molar-refractivity contribution in [1.82, 2.24) is 0 Å². The van der Waals surface area contributed by atoms with E-state index in [2.05, 4.69) is 4.74 Å². The van der Waals surface area contributed by atoms with Crippen LogP contribution in [0, 0.1) is 11.3 Å². The number of rotatable bonds is 4. The largest absolute Gasteiger partial charge is 0.465 e. The van der Waals surface area contributed by atoms with Gasteiger partial charge < -0.3 is 8.92 Å². The maximum absolute atomic E-state index is 12.2. The number of nitrogens with zero attached hydrogens (tertiary/aromatic N) is 1. The van der Waals surface area contributed by atoms with Crippen molar-refractivity contribution in [3.05, 3.63) is 59.7 Å². The van der Waals surface area contributed by atoms with Crippen molar-refractivity contribution in [2.45, 2.75) is 4.90 Å². The molecule has 6 nitrogen and oxygen atoms in total. The second-order valence-corrected chi connectivity index (χ2v) is 5.68. The predicted molar refractivity (Wildman–Crippen MR) is 76.8 cm³/mol. The van der Waals surface area contributed by atoms with Crippen LogP contribution in [-0.4, -0.2) is 21.5 Å². The molecule has 0 fully saturated rings. The van der Waals surface area contributed by atoms with Crippen molar-refractivity contribution in [1.29, 1.82) is 5.26 Å². The lowest BCUT2D eigenvalue weighted by Crippen LogP contribution is -2.12. The molecule has 2 rings (SSSR count). The highest BCUT2D eigenvalue weighted by Gasteiger charge is 2.21. The Labute approximate surface area is 127 Å². The summed E-state index contributed by atoms with van der Waals surface area (Å²) in [6.45, 7) is 0. The molecular formula is C15H11NO5S. The molecule has 7 heteroatoms. The number of carbonyl (C=O) groups excluding carboxylic acids is 1. The van der Waals surface area contributed by atoms with Gasteiger partial charge in [-0.15, -0.1) is 0 Å². The SMILES string of the molecule is COC(=O)c1cccc(OS(=O)(=O)c2ccccc2C#N)c1. The van der Waals surface area contributed by atoms with Crippen molar-refractivity contribution >= 4 is 16.1 Å². The molecule has 112 valence electrons. The minimum Gasteiger partial charge on any atom is -0.465 e. The van der Waals surface area contributed by atoms with Gasteiger partial charge in [-0.1, -0.05) is 18.2 Å². The van der Waals surface area contributed by atoms with E-state index in [4.69, 9.17) is 9.44 Å². The van der Waals surface area contributed by atoms with Crippen LogP contribution in [0.5, 0.6) is 5.75 Å². The molecule has 0 amide bonds. The maximum Gasteiger partial charge on any atom is 0.340 e. The lowest BCUT2D eigenvalue weighted by Gasteiger charge is -2.09. The van der Waals surface area contributed by atoms with Crippen LogP contribution in [0.4, 0.5) is 0 Å². The number of hydrogen-bond donors (Lipinski definition) is 0. The molecule has 0 aliphatic carbocycles. The van der Waals surface area contributed by atoms with Gasteiger partial charge in [-0.05, 0) is 30.3 Å². The summed E-state index contributed by atoms with van der Waals surface area (Å²) in [7, 11) is -2.96. The van der Waals surface area contributed by atoms with Crippen molar-refractivity contribution < 1.29 is 22.1 Å². The summed E-state index contributed by atoms with van der Waals surface area (Å²) in [5.74, 6) is -0.657. The second kappa shape index (κ2) is 6.28. The molecule has 2 aromatic rings. The quantitative estimate of drug-likeness (QED) is 0.633. The molecule has 22 heavy (non-hydrogen) atoms. The van der Waals surface area contributed by atoms with E-state index in [1.807, 2.05) is 0 Å². The summed E-state index contributed by atoms with van der Waals surface area (Å²) >= 11 is 0. The van der Waals surface area contributed by atoms with E-state index in [1.165, 1.54) is 49.6 Å². The Morgan fingerprint density at radius 3 is 2.55 bits per heavy atom. The van der Waals surface area contributed by atoms with Gasteiger partial charge in [-0.2, -0.15) is 13.7 Å². The molecule has 0 saturated carbocycles. The molecule has 0 atom stereocenters. The van der Waals surface area contributed by atoms with E-state index in [0.717, 1.165) is 0 Å². The van der Waals surface area contributed by atoms with Crippen molar-refractivity contribution in [2.24, 2.45) is 0 Å². The minimum atomic E-state index is -4.18. The lowest BCUT2D eigenvalue weighted by atomic mass is 10.2. The molecule has 2 aromatic carbocycles. The zero-order valence-corrected chi connectivity index (χ0v) is 12.3. The van der Waals surface area contributed by atoms with Gasteiger partial charge in [0.2, 0.25) is 0 Å². The normalized spacial score (nSPS) is 10.5. The number of benzene rings is 2. The summed E-state index contributed by atoms with van der Waals surface area (Å²) in [5, 5.41) is 8.97. The van der Waals surface area contributed by atoms with Crippen molar-refractivity contribution in [3.8, 4) is 11.8 Å². The van der Waals surface area contributed by atoms with Crippen LogP contribution >= 0.6 is 0 Å². The van der Waals surface area contributed by atoms with E-state index >= 15 is 0 Å². The fourth-order valence-electron chi connectivity index (χ4n) is 1.74. The molecule has 0 unspecified atom stereocenters. The zero-order valence-electron chi connectivity index (χ0n) is 11.5. The molecule has 0 spiro atoms. The first-order valence-corrected chi connectivity index (χ1v) is 7.51. The summed E-state index contributed by atoms with van der Waals surface area (Å²) in [5.41, 5.74) is 0.135. The molecule has 0 bridgehead atoms. The summed E-state index contributed by atoms with van der Waals surface area (Å²) in [6.07, 6.45) is 0. The van der Waals surface area contributed by atoms with Gasteiger partial charge in [0.15, 0.2) is 0 Å². The third-order valence-electron chi connectivity index (χ3n) is 2.74. The minimum absolute atomic E-state index is 0.0216. The average Bonchev–Trinajstić information content (AvgIpc) is 2.53. The van der Waals surface area contributed by atoms with Crippen LogP contribution in [0.1, 0.15) is 15.9 Å². The smallest absolute Gasteiger partial charge is 0.340 e. The monoisotopic (exact) mass is 317 g/mol. The molecule has 0 aromatic heterocycles. The van der Waals surface area contributed by atoms with Gasteiger partial charge in [0, 0.05) is 0 Å². The fraction of sp³-hybridized carbons (Fsp3) is 0.0667. The maximum atomic E-state index is 12.2. The topological polar surface area (TPSA) is 93.5 Å². The first-order valence-electron chi connectivity index (χ1n) is 6.10. The zero-order chi connectivity index (χ0) is 16.2. The average molecular weight is 317 g/mol. The molecule has 0 heterocycles. The van der Waals surface area contributed by atoms with Crippen molar-refractivity contribution in [2.75, 3.05) is 7.11 Å². The van der Waals surface area contributed by atoms with Gasteiger partial charge in [0.25, 0.3) is 0 Å². The van der Waals surface area contributed by atoms with E-state index in [-0.39, 0.29) is 21.8 Å². The highest BCUT2D eigenvalue weighted by Crippen LogP contribution is 2.22. The molecule has 0 radical (unpaired) electrons. The summed E-state index contributed by atoms with van der Waals surface area (Å²) in [6, 6.07) is 13.1. The van der Waals surface area contributed by atoms with Gasteiger partial charge in [0.1, 0.15) is 16.7 Å². The third kappa shape index (κ3) is 3.24. The molecule has 0 aliphatic heterocycles. The number of hydrogen-bond acceptors (Lipinski definition) is 6. The first-order chi connectivity index (χ1) is 10.5. The number of carbonyl (C=O) groups is 1. The highest BCUT2D eigenvalue weighted by molar-refractivity contribution is 7.87. The van der Waals surface area contributed by atoms with Gasteiger partial charge in [0.05, 0.1) is 18.2 Å². The number of nitriles is 1. The van der Waals surface area contributed by atoms with Crippen molar-refractivity contribution in [3.63, 3.8) is 0 Å². The lowest BCUT2D eigenvalue weighted by molar-refractivity contribution is 0.0600. The Hall–Kier alpha value is -2.85. The van der Waals surface area contributed by atoms with Crippen LogP contribution in [0.3, 0.4) is 0 Å². The molecule has 0 aliphatic rings. The Balaban J connectivity index is 2.38. The van der Waals surface area contributed by atoms with Crippen LogP contribution in [-0.2, 0) is 14.9 Å². The van der Waals surface area contributed by atoms with Crippen LogP contribution < -0.4 is 4.18 Å². The van der Waals surface area contributed by atoms with Crippen LogP contribution in [0.25, 0.3) is 0 Å². The molecule has 0 saturated heterocycles. The van der Waals surface area contributed by atoms with Gasteiger partial charge in [-0.25, -0.2) is 4.79 Å². The molecular weight excluding hydrogens is 306 g/mol. The van der Waals surface area contributed by atoms with Gasteiger partial charge >= 0.3 is 16.1 Å². The highest BCUT2D eigenvalue weighted by atomic mass is 32.2.